The van der Waals surface area contributed by atoms with Crippen LogP contribution in [0.1, 0.15) is 40.5 Å². The van der Waals surface area contributed by atoms with E-state index in [1.807, 2.05) is 6.92 Å². The molecule has 1 aliphatic carbocycles. The molecule has 2 amide bonds. The zero-order valence-electron chi connectivity index (χ0n) is 9.68. The molecule has 0 aliphatic heterocycles. The first kappa shape index (κ1) is 11.3. The smallest absolute Gasteiger partial charge is 0.314 e. The predicted octanol–water partition coefficient (Wildman–Crippen LogP) is 2.13. The molecule has 0 saturated heterocycles. The van der Waals surface area contributed by atoms with Gasteiger partial charge in [-0.1, -0.05) is 20.8 Å². The fourth-order valence-corrected chi connectivity index (χ4v) is 1.84. The molecule has 0 unspecified atom stereocenters. The van der Waals surface area contributed by atoms with Crippen LogP contribution in [0.3, 0.4) is 0 Å². The molecule has 1 fully saturated rings. The van der Waals surface area contributed by atoms with Crippen LogP contribution in [0.25, 0.3) is 0 Å². The second-order valence-electron chi connectivity index (χ2n) is 5.24. The van der Waals surface area contributed by atoms with E-state index in [9.17, 15) is 4.79 Å². The van der Waals surface area contributed by atoms with Gasteiger partial charge in [-0.3, -0.25) is 0 Å². The molecule has 3 nitrogen and oxygen atoms in total. The van der Waals surface area contributed by atoms with E-state index in [4.69, 9.17) is 0 Å². The van der Waals surface area contributed by atoms with E-state index in [0.717, 1.165) is 18.8 Å². The maximum atomic E-state index is 11.2. The molecular formula is C11H22N2O. The molecule has 1 saturated carbocycles. The third kappa shape index (κ3) is 2.89. The second-order valence-corrected chi connectivity index (χ2v) is 5.24. The molecule has 2 N–H and O–H groups in total. The highest BCUT2D eigenvalue weighted by atomic mass is 16.2. The highest BCUT2D eigenvalue weighted by molar-refractivity contribution is 5.74. The second kappa shape index (κ2) is 4.20. The van der Waals surface area contributed by atoms with Crippen LogP contribution in [0.15, 0.2) is 0 Å². The number of nitrogens with one attached hydrogen (secondary N) is 2. The summed E-state index contributed by atoms with van der Waals surface area (Å²) in [6.07, 6.45) is 2.25. The maximum absolute atomic E-state index is 11.2. The van der Waals surface area contributed by atoms with Crippen LogP contribution in [0, 0.1) is 11.3 Å². The normalized spacial score (nSPS) is 26.6. The van der Waals surface area contributed by atoms with Crippen molar-refractivity contribution in [3.05, 3.63) is 0 Å². The number of rotatable bonds is 2. The van der Waals surface area contributed by atoms with Gasteiger partial charge < -0.3 is 10.6 Å². The Morgan fingerprint density at radius 2 is 1.93 bits per heavy atom. The van der Waals surface area contributed by atoms with E-state index in [1.54, 1.807) is 0 Å². The van der Waals surface area contributed by atoms with Gasteiger partial charge in [-0.15, -0.1) is 0 Å². The highest BCUT2D eigenvalue weighted by Crippen LogP contribution is 2.41. The standard InChI is InChI=1S/C11H22N2O/c1-5-12-10(14)13-9-6-8(7-9)11(2,3)4/h8-9H,5-7H2,1-4H3,(H2,12,13,14). The number of hydrogen-bond acceptors (Lipinski definition) is 1. The molecular weight excluding hydrogens is 176 g/mol. The zero-order chi connectivity index (χ0) is 10.8. The monoisotopic (exact) mass is 198 g/mol. The Kier molecular flexibility index (Phi) is 3.40. The van der Waals surface area contributed by atoms with Gasteiger partial charge in [0.15, 0.2) is 0 Å². The minimum atomic E-state index is -0.0233. The van der Waals surface area contributed by atoms with Crippen molar-refractivity contribution in [3.8, 4) is 0 Å². The van der Waals surface area contributed by atoms with Gasteiger partial charge in [0.25, 0.3) is 0 Å². The van der Waals surface area contributed by atoms with Gasteiger partial charge in [-0.05, 0) is 31.1 Å². The van der Waals surface area contributed by atoms with Crippen molar-refractivity contribution < 1.29 is 4.79 Å². The SMILES string of the molecule is CCNC(=O)NC1CC(C(C)(C)C)C1. The summed E-state index contributed by atoms with van der Waals surface area (Å²) in [5, 5.41) is 5.72. The van der Waals surface area contributed by atoms with Crippen LogP contribution in [0.4, 0.5) is 4.79 Å². The first-order valence-corrected chi connectivity index (χ1v) is 5.48. The van der Waals surface area contributed by atoms with Crippen molar-refractivity contribution in [2.45, 2.75) is 46.6 Å². The van der Waals surface area contributed by atoms with Crippen molar-refractivity contribution in [2.75, 3.05) is 6.54 Å². The van der Waals surface area contributed by atoms with Crippen LogP contribution in [0.5, 0.6) is 0 Å². The summed E-state index contributed by atoms with van der Waals surface area (Å²) < 4.78 is 0. The Hall–Kier alpha value is -0.730. The lowest BCUT2D eigenvalue weighted by Gasteiger charge is -2.43. The van der Waals surface area contributed by atoms with E-state index in [2.05, 4.69) is 31.4 Å². The van der Waals surface area contributed by atoms with Crippen LogP contribution in [-0.4, -0.2) is 18.6 Å². The fraction of sp³-hybridized carbons (Fsp3) is 0.909. The van der Waals surface area contributed by atoms with Crippen LogP contribution < -0.4 is 10.6 Å². The van der Waals surface area contributed by atoms with E-state index in [1.165, 1.54) is 0 Å². The van der Waals surface area contributed by atoms with Gasteiger partial charge in [0, 0.05) is 12.6 Å². The van der Waals surface area contributed by atoms with Gasteiger partial charge in [0.1, 0.15) is 0 Å². The summed E-state index contributed by atoms with van der Waals surface area (Å²) in [4.78, 5) is 11.2. The lowest BCUT2D eigenvalue weighted by atomic mass is 9.66. The van der Waals surface area contributed by atoms with Gasteiger partial charge in [-0.2, -0.15) is 0 Å². The van der Waals surface area contributed by atoms with Crippen molar-refractivity contribution in [1.29, 1.82) is 0 Å². The molecule has 0 spiro atoms. The minimum absolute atomic E-state index is 0.0233. The summed E-state index contributed by atoms with van der Waals surface area (Å²) in [6, 6.07) is 0.371. The zero-order valence-corrected chi connectivity index (χ0v) is 9.68. The van der Waals surface area contributed by atoms with Gasteiger partial charge in [0.2, 0.25) is 0 Å². The Balaban J connectivity index is 2.19. The predicted molar refractivity (Wildman–Crippen MR) is 58.2 cm³/mol. The Morgan fingerprint density at radius 1 is 1.36 bits per heavy atom. The molecule has 0 aromatic rings. The summed E-state index contributed by atoms with van der Waals surface area (Å²) in [5.41, 5.74) is 0.388. The fourth-order valence-electron chi connectivity index (χ4n) is 1.84. The molecule has 0 aromatic heterocycles. The molecule has 0 atom stereocenters. The Morgan fingerprint density at radius 3 is 2.36 bits per heavy atom. The summed E-state index contributed by atoms with van der Waals surface area (Å²) in [5.74, 6) is 0.759. The van der Waals surface area contributed by atoms with Crippen molar-refractivity contribution in [2.24, 2.45) is 11.3 Å². The van der Waals surface area contributed by atoms with Crippen molar-refractivity contribution in [3.63, 3.8) is 0 Å². The van der Waals surface area contributed by atoms with Crippen LogP contribution >= 0.6 is 0 Å². The first-order valence-electron chi connectivity index (χ1n) is 5.48. The lowest BCUT2D eigenvalue weighted by Crippen LogP contribution is -2.50. The van der Waals surface area contributed by atoms with Crippen molar-refractivity contribution in [1.82, 2.24) is 10.6 Å². The quantitative estimate of drug-likeness (QED) is 0.701. The van der Waals surface area contributed by atoms with Crippen molar-refractivity contribution >= 4 is 6.03 Å². The largest absolute Gasteiger partial charge is 0.338 e. The average molecular weight is 198 g/mol. The van der Waals surface area contributed by atoms with E-state index in [0.29, 0.717) is 18.0 Å². The first-order chi connectivity index (χ1) is 6.43. The molecule has 14 heavy (non-hydrogen) atoms. The summed E-state index contributed by atoms with van der Waals surface area (Å²) >= 11 is 0. The average Bonchev–Trinajstić information content (AvgIpc) is 1.94. The Bertz CT molecular complexity index is 202. The maximum Gasteiger partial charge on any atom is 0.314 e. The topological polar surface area (TPSA) is 41.1 Å². The number of hydrogen-bond donors (Lipinski definition) is 2. The molecule has 3 heteroatoms. The van der Waals surface area contributed by atoms with Gasteiger partial charge in [-0.25, -0.2) is 4.79 Å². The van der Waals surface area contributed by atoms with E-state index in [-0.39, 0.29) is 6.03 Å². The molecule has 1 aliphatic rings. The van der Waals surface area contributed by atoms with Gasteiger partial charge >= 0.3 is 6.03 Å². The molecule has 0 bridgehead atoms. The molecule has 82 valence electrons. The molecule has 0 heterocycles. The lowest BCUT2D eigenvalue weighted by molar-refractivity contribution is 0.102. The Labute approximate surface area is 86.6 Å². The minimum Gasteiger partial charge on any atom is -0.338 e. The summed E-state index contributed by atoms with van der Waals surface area (Å²) in [7, 11) is 0. The van der Waals surface area contributed by atoms with Crippen LogP contribution in [-0.2, 0) is 0 Å². The van der Waals surface area contributed by atoms with E-state index < -0.39 is 0 Å². The number of carbonyl (C=O) groups excluding carboxylic acids is 1. The number of amides is 2. The van der Waals surface area contributed by atoms with E-state index >= 15 is 0 Å². The summed E-state index contributed by atoms with van der Waals surface area (Å²) in [6.45, 7) is 9.42. The highest BCUT2D eigenvalue weighted by Gasteiger charge is 2.37. The molecule has 0 radical (unpaired) electrons. The van der Waals surface area contributed by atoms with Crippen LogP contribution in [0.2, 0.25) is 0 Å². The molecule has 0 aromatic carbocycles. The number of urea groups is 1. The third-order valence-corrected chi connectivity index (χ3v) is 3.04. The number of carbonyl (C=O) groups is 1. The van der Waals surface area contributed by atoms with Gasteiger partial charge in [0.05, 0.1) is 0 Å². The molecule has 1 rings (SSSR count). The third-order valence-electron chi connectivity index (χ3n) is 3.04.